The molecule has 1 unspecified atom stereocenters. The summed E-state index contributed by atoms with van der Waals surface area (Å²) in [7, 11) is 0. The van der Waals surface area contributed by atoms with E-state index in [4.69, 9.17) is 11.6 Å². The van der Waals surface area contributed by atoms with Crippen LogP contribution in [0.1, 0.15) is 23.8 Å². The smallest absolute Gasteiger partial charge is 0.274 e. The van der Waals surface area contributed by atoms with Crippen molar-refractivity contribution in [3.8, 4) is 11.1 Å². The third-order valence-corrected chi connectivity index (χ3v) is 6.21. The second kappa shape index (κ2) is 9.21. The fraction of sp³-hybridized carbons (Fsp3) is 0.240. The van der Waals surface area contributed by atoms with Crippen LogP contribution in [0.25, 0.3) is 16.8 Å². The van der Waals surface area contributed by atoms with Gasteiger partial charge in [0, 0.05) is 42.5 Å². The predicted octanol–water partition coefficient (Wildman–Crippen LogP) is 4.49. The lowest BCUT2D eigenvalue weighted by molar-refractivity contribution is 0.102. The summed E-state index contributed by atoms with van der Waals surface area (Å²) >= 11 is 6.16. The van der Waals surface area contributed by atoms with Gasteiger partial charge in [-0.15, -0.1) is 0 Å². The summed E-state index contributed by atoms with van der Waals surface area (Å²) in [5, 5.41) is 11.6. The second-order valence-electron chi connectivity index (χ2n) is 8.13. The van der Waals surface area contributed by atoms with Crippen molar-refractivity contribution in [2.24, 2.45) is 0 Å². The number of piperazine rings is 1. The summed E-state index contributed by atoms with van der Waals surface area (Å²) in [6.07, 6.45) is 4.55. The maximum Gasteiger partial charge on any atom is 0.274 e. The van der Waals surface area contributed by atoms with Gasteiger partial charge in [0.1, 0.15) is 5.69 Å². The zero-order valence-corrected chi connectivity index (χ0v) is 19.1. The van der Waals surface area contributed by atoms with Crippen LogP contribution in [0.3, 0.4) is 0 Å². The van der Waals surface area contributed by atoms with Crippen LogP contribution >= 0.6 is 11.6 Å². The molecule has 1 aliphatic heterocycles. The van der Waals surface area contributed by atoms with Crippen molar-refractivity contribution in [3.63, 3.8) is 0 Å². The van der Waals surface area contributed by atoms with E-state index in [1.807, 2.05) is 42.5 Å². The van der Waals surface area contributed by atoms with Gasteiger partial charge in [0.2, 0.25) is 0 Å². The molecule has 1 amide bonds. The van der Waals surface area contributed by atoms with Gasteiger partial charge in [-0.2, -0.15) is 5.10 Å². The van der Waals surface area contributed by atoms with E-state index >= 15 is 0 Å². The third-order valence-electron chi connectivity index (χ3n) is 5.98. The Morgan fingerprint density at radius 3 is 2.94 bits per heavy atom. The van der Waals surface area contributed by atoms with E-state index in [2.05, 4.69) is 38.6 Å². The van der Waals surface area contributed by atoms with Gasteiger partial charge < -0.3 is 15.5 Å². The minimum Gasteiger partial charge on any atom is -0.367 e. The van der Waals surface area contributed by atoms with Crippen molar-refractivity contribution >= 4 is 34.5 Å². The predicted molar refractivity (Wildman–Crippen MR) is 132 cm³/mol. The van der Waals surface area contributed by atoms with E-state index in [9.17, 15) is 4.79 Å². The third kappa shape index (κ3) is 4.42. The Bertz CT molecular complexity index is 1300. The number of fused-ring (bicyclic) bond motifs is 1. The first-order chi connectivity index (χ1) is 16.1. The van der Waals surface area contributed by atoms with Gasteiger partial charge in [-0.3, -0.25) is 4.79 Å². The molecule has 2 aromatic heterocycles. The lowest BCUT2D eigenvalue weighted by Gasteiger charge is -2.36. The number of carbonyl (C=O) groups excluding carboxylic acids is 1. The van der Waals surface area contributed by atoms with Crippen LogP contribution in [0.2, 0.25) is 5.02 Å². The Labute approximate surface area is 197 Å². The molecule has 1 saturated heterocycles. The van der Waals surface area contributed by atoms with Gasteiger partial charge in [0.05, 0.1) is 17.6 Å². The summed E-state index contributed by atoms with van der Waals surface area (Å²) in [6, 6.07) is 17.6. The molecule has 0 bridgehead atoms. The number of nitrogens with one attached hydrogen (secondary N) is 2. The maximum absolute atomic E-state index is 13.2. The van der Waals surface area contributed by atoms with Crippen LogP contribution in [0.5, 0.6) is 0 Å². The van der Waals surface area contributed by atoms with Gasteiger partial charge in [-0.05, 0) is 42.3 Å². The first-order valence-electron chi connectivity index (χ1n) is 11.1. The molecule has 1 atom stereocenters. The van der Waals surface area contributed by atoms with E-state index in [-0.39, 0.29) is 5.91 Å². The van der Waals surface area contributed by atoms with Crippen molar-refractivity contribution in [3.05, 3.63) is 77.7 Å². The number of hydrogen-bond donors (Lipinski definition) is 2. The summed E-state index contributed by atoms with van der Waals surface area (Å²) in [6.45, 7) is 4.91. The Kier molecular flexibility index (Phi) is 5.98. The molecule has 4 aromatic rings. The van der Waals surface area contributed by atoms with Crippen LogP contribution in [0, 0.1) is 0 Å². The van der Waals surface area contributed by atoms with E-state index in [1.165, 1.54) is 0 Å². The molecular formula is C25H25ClN6O. The van der Waals surface area contributed by atoms with Crippen molar-refractivity contribution in [2.75, 3.05) is 29.9 Å². The quantitative estimate of drug-likeness (QED) is 0.459. The number of hydrogen-bond acceptors (Lipinski definition) is 5. The largest absolute Gasteiger partial charge is 0.367 e. The molecular weight excluding hydrogens is 436 g/mol. The van der Waals surface area contributed by atoms with Gasteiger partial charge >= 0.3 is 0 Å². The fourth-order valence-corrected chi connectivity index (χ4v) is 4.40. The highest BCUT2D eigenvalue weighted by Gasteiger charge is 2.21. The summed E-state index contributed by atoms with van der Waals surface area (Å²) in [5.41, 5.74) is 4.45. The molecule has 5 rings (SSSR count). The fourth-order valence-electron chi connectivity index (χ4n) is 4.21. The van der Waals surface area contributed by atoms with E-state index in [1.54, 1.807) is 23.0 Å². The summed E-state index contributed by atoms with van der Waals surface area (Å²) in [4.78, 5) is 20.1. The van der Waals surface area contributed by atoms with Crippen molar-refractivity contribution in [1.29, 1.82) is 0 Å². The molecule has 0 aliphatic carbocycles. The molecule has 168 valence electrons. The average Bonchev–Trinajstić information content (AvgIpc) is 3.28. The molecule has 0 saturated carbocycles. The molecule has 8 heteroatoms. The van der Waals surface area contributed by atoms with Gasteiger partial charge in [-0.1, -0.05) is 42.8 Å². The Morgan fingerprint density at radius 2 is 2.09 bits per heavy atom. The van der Waals surface area contributed by atoms with Crippen LogP contribution in [-0.2, 0) is 0 Å². The Hall–Kier alpha value is -3.42. The van der Waals surface area contributed by atoms with Gasteiger partial charge in [0.15, 0.2) is 5.65 Å². The lowest BCUT2D eigenvalue weighted by Crippen LogP contribution is -2.50. The summed E-state index contributed by atoms with van der Waals surface area (Å²) in [5.74, 6) is -0.259. The van der Waals surface area contributed by atoms with Crippen LogP contribution in [0.4, 0.5) is 11.4 Å². The average molecular weight is 461 g/mol. The highest BCUT2D eigenvalue weighted by Crippen LogP contribution is 2.28. The minimum atomic E-state index is -0.259. The molecule has 3 heterocycles. The van der Waals surface area contributed by atoms with E-state index < -0.39 is 0 Å². The lowest BCUT2D eigenvalue weighted by atomic mass is 10.1. The SMILES string of the molecule is CCC1CN(c2ccccc2NC(=O)c2ccn3ncc(-c4cccc(Cl)c4)c3n2)CCN1. The second-order valence-corrected chi connectivity index (χ2v) is 8.56. The van der Waals surface area contributed by atoms with E-state index in [0.29, 0.717) is 22.4 Å². The van der Waals surface area contributed by atoms with Crippen LogP contribution < -0.4 is 15.5 Å². The number of rotatable bonds is 5. The first kappa shape index (κ1) is 21.4. The minimum absolute atomic E-state index is 0.259. The highest BCUT2D eigenvalue weighted by atomic mass is 35.5. The molecule has 2 N–H and O–H groups in total. The first-order valence-corrected chi connectivity index (χ1v) is 11.5. The van der Waals surface area contributed by atoms with Crippen LogP contribution in [0.15, 0.2) is 67.0 Å². The molecule has 7 nitrogen and oxygen atoms in total. The standard InChI is InChI=1S/C25H25ClN6O/c1-2-19-16-31(13-11-27-19)23-9-4-3-8-21(23)30-25(33)22-10-12-32-24(29-22)20(15-28-32)17-6-5-7-18(26)14-17/h3-10,12,14-15,19,27H,2,11,13,16H2,1H3,(H,30,33). The number of nitrogens with zero attached hydrogens (tertiary/aromatic N) is 4. The van der Waals surface area contributed by atoms with Crippen molar-refractivity contribution in [2.45, 2.75) is 19.4 Å². The number of benzene rings is 2. The number of carbonyl (C=O) groups is 1. The zero-order valence-electron chi connectivity index (χ0n) is 18.3. The Balaban J connectivity index is 1.43. The van der Waals surface area contributed by atoms with Crippen molar-refractivity contribution in [1.82, 2.24) is 19.9 Å². The maximum atomic E-state index is 13.2. The number of aromatic nitrogens is 3. The highest BCUT2D eigenvalue weighted by molar-refractivity contribution is 6.30. The molecule has 33 heavy (non-hydrogen) atoms. The van der Waals surface area contributed by atoms with E-state index in [0.717, 1.165) is 48.6 Å². The van der Waals surface area contributed by atoms with Gasteiger partial charge in [-0.25, -0.2) is 9.50 Å². The summed E-state index contributed by atoms with van der Waals surface area (Å²) < 4.78 is 1.66. The van der Waals surface area contributed by atoms with Gasteiger partial charge in [0.25, 0.3) is 5.91 Å². The number of amides is 1. The van der Waals surface area contributed by atoms with Crippen LogP contribution in [-0.4, -0.2) is 46.2 Å². The molecule has 0 radical (unpaired) electrons. The number of anilines is 2. The molecule has 1 fully saturated rings. The number of para-hydroxylation sites is 2. The normalized spacial score (nSPS) is 16.2. The Morgan fingerprint density at radius 1 is 1.21 bits per heavy atom. The molecule has 1 aliphatic rings. The number of halogens is 1. The molecule has 0 spiro atoms. The monoisotopic (exact) mass is 460 g/mol. The van der Waals surface area contributed by atoms with Crippen molar-refractivity contribution < 1.29 is 4.79 Å². The topological polar surface area (TPSA) is 74.6 Å². The zero-order chi connectivity index (χ0) is 22.8. The molecule has 2 aromatic carbocycles.